The van der Waals surface area contributed by atoms with Crippen LogP contribution in [0.25, 0.3) is 0 Å². The first-order valence-corrected chi connectivity index (χ1v) is 12.5. The fraction of sp³-hybridized carbons (Fsp3) is 0.500. The van der Waals surface area contributed by atoms with Gasteiger partial charge in [0.05, 0.1) is 13.2 Å². The van der Waals surface area contributed by atoms with E-state index in [0.29, 0.717) is 26.1 Å². The van der Waals surface area contributed by atoms with E-state index >= 15 is 0 Å². The van der Waals surface area contributed by atoms with E-state index < -0.39 is 12.1 Å². The van der Waals surface area contributed by atoms with Crippen molar-refractivity contribution >= 4 is 11.9 Å². The van der Waals surface area contributed by atoms with Gasteiger partial charge in [0, 0.05) is 0 Å². The molecule has 2 aromatic carbocycles. The molecule has 2 unspecified atom stereocenters. The lowest BCUT2D eigenvalue weighted by Gasteiger charge is -2.12. The number of benzene rings is 2. The molecule has 186 valence electrons. The van der Waals surface area contributed by atoms with Crippen LogP contribution in [0.5, 0.6) is 0 Å². The molecule has 2 rings (SSSR count). The Labute approximate surface area is 204 Å². The van der Waals surface area contributed by atoms with Crippen molar-refractivity contribution in [1.29, 1.82) is 0 Å². The van der Waals surface area contributed by atoms with E-state index in [0.717, 1.165) is 62.5 Å². The van der Waals surface area contributed by atoms with Crippen molar-refractivity contribution in [2.75, 3.05) is 13.2 Å². The average Bonchev–Trinajstić information content (AvgIpc) is 2.85. The van der Waals surface area contributed by atoms with Gasteiger partial charge < -0.3 is 20.9 Å². The normalized spacial score (nSPS) is 12.6. The molecule has 0 fully saturated rings. The SMILES string of the molecule is NC(Cc1ccccc1)C(=O)OCCCCCCCCCCOC(=O)C(N)Cc1ccccc1. The Morgan fingerprint density at radius 2 is 0.882 bits per heavy atom. The topological polar surface area (TPSA) is 105 Å². The number of hydrogen-bond donors (Lipinski definition) is 2. The molecule has 0 amide bonds. The highest BCUT2D eigenvalue weighted by atomic mass is 16.5. The van der Waals surface area contributed by atoms with E-state index in [9.17, 15) is 9.59 Å². The molecule has 34 heavy (non-hydrogen) atoms. The number of nitrogens with two attached hydrogens (primary N) is 2. The van der Waals surface area contributed by atoms with Crippen LogP contribution in [0, 0.1) is 0 Å². The van der Waals surface area contributed by atoms with Crippen molar-refractivity contribution in [3.63, 3.8) is 0 Å². The second-order valence-corrected chi connectivity index (χ2v) is 8.76. The molecular formula is C28H40N2O4. The molecule has 0 bridgehead atoms. The Balaban J connectivity index is 1.37. The summed E-state index contributed by atoms with van der Waals surface area (Å²) in [6, 6.07) is 18.2. The molecule has 0 aliphatic rings. The third-order valence-corrected chi connectivity index (χ3v) is 5.73. The van der Waals surface area contributed by atoms with Crippen molar-refractivity contribution in [3.05, 3.63) is 71.8 Å². The Morgan fingerprint density at radius 3 is 1.24 bits per heavy atom. The third kappa shape index (κ3) is 12.0. The van der Waals surface area contributed by atoms with E-state index in [-0.39, 0.29) is 11.9 Å². The van der Waals surface area contributed by atoms with Crippen molar-refractivity contribution in [1.82, 2.24) is 0 Å². The number of carbonyl (C=O) groups is 2. The zero-order valence-electron chi connectivity index (χ0n) is 20.2. The second-order valence-electron chi connectivity index (χ2n) is 8.76. The van der Waals surface area contributed by atoms with Crippen LogP contribution in [0.1, 0.15) is 62.5 Å². The van der Waals surface area contributed by atoms with Gasteiger partial charge in [0.15, 0.2) is 0 Å². The summed E-state index contributed by atoms with van der Waals surface area (Å²) in [4.78, 5) is 24.0. The Bertz CT molecular complexity index is 744. The first-order chi connectivity index (χ1) is 16.6. The number of rotatable bonds is 17. The molecule has 6 nitrogen and oxygen atoms in total. The number of esters is 2. The van der Waals surface area contributed by atoms with Crippen LogP contribution in [-0.4, -0.2) is 37.2 Å². The Morgan fingerprint density at radius 1 is 0.559 bits per heavy atom. The molecule has 6 heteroatoms. The predicted octanol–water partition coefficient (Wildman–Crippen LogP) is 4.33. The van der Waals surface area contributed by atoms with E-state index in [1.54, 1.807) is 0 Å². The van der Waals surface area contributed by atoms with Crippen molar-refractivity contribution < 1.29 is 19.1 Å². The second kappa shape index (κ2) is 16.8. The van der Waals surface area contributed by atoms with Gasteiger partial charge >= 0.3 is 11.9 Å². The number of hydrogen-bond acceptors (Lipinski definition) is 6. The molecule has 2 atom stereocenters. The minimum atomic E-state index is -0.610. The quantitative estimate of drug-likeness (QED) is 0.264. The molecule has 0 heterocycles. The zero-order valence-corrected chi connectivity index (χ0v) is 20.2. The van der Waals surface area contributed by atoms with Gasteiger partial charge in [0.2, 0.25) is 0 Å². The van der Waals surface area contributed by atoms with Gasteiger partial charge in [-0.1, -0.05) is 99.2 Å². The fourth-order valence-corrected chi connectivity index (χ4v) is 3.73. The van der Waals surface area contributed by atoms with Gasteiger partial charge in [-0.3, -0.25) is 9.59 Å². The molecule has 4 N–H and O–H groups in total. The minimum Gasteiger partial charge on any atom is -0.465 e. The van der Waals surface area contributed by atoms with E-state index in [1.807, 2.05) is 60.7 Å². The maximum Gasteiger partial charge on any atom is 0.323 e. The standard InChI is InChI=1S/C28H40N2O4/c29-25(21-23-15-9-7-10-16-23)27(31)33-19-13-5-3-1-2-4-6-14-20-34-28(32)26(30)22-24-17-11-8-12-18-24/h7-12,15-18,25-26H,1-6,13-14,19-22,29-30H2. The lowest BCUT2D eigenvalue weighted by molar-refractivity contribution is -0.146. The summed E-state index contributed by atoms with van der Waals surface area (Å²) < 4.78 is 10.6. The molecule has 0 radical (unpaired) electrons. The van der Waals surface area contributed by atoms with Crippen LogP contribution in [0.3, 0.4) is 0 Å². The predicted molar refractivity (Wildman–Crippen MR) is 135 cm³/mol. The van der Waals surface area contributed by atoms with Crippen molar-refractivity contribution in [3.8, 4) is 0 Å². The van der Waals surface area contributed by atoms with Crippen molar-refractivity contribution in [2.24, 2.45) is 11.5 Å². The highest BCUT2D eigenvalue weighted by Gasteiger charge is 2.16. The molecule has 0 aliphatic carbocycles. The highest BCUT2D eigenvalue weighted by Crippen LogP contribution is 2.10. The van der Waals surface area contributed by atoms with Gasteiger partial charge in [-0.15, -0.1) is 0 Å². The lowest BCUT2D eigenvalue weighted by atomic mass is 10.1. The monoisotopic (exact) mass is 468 g/mol. The van der Waals surface area contributed by atoms with Crippen LogP contribution in [0.4, 0.5) is 0 Å². The average molecular weight is 469 g/mol. The Kier molecular flexibility index (Phi) is 13.6. The van der Waals surface area contributed by atoms with Gasteiger partial charge in [0.1, 0.15) is 12.1 Å². The van der Waals surface area contributed by atoms with E-state index in [4.69, 9.17) is 20.9 Å². The van der Waals surface area contributed by atoms with Crippen LogP contribution in [0.2, 0.25) is 0 Å². The number of unbranched alkanes of at least 4 members (excludes halogenated alkanes) is 7. The molecule has 0 spiro atoms. The summed E-state index contributed by atoms with van der Waals surface area (Å²) in [5, 5.41) is 0. The summed E-state index contributed by atoms with van der Waals surface area (Å²) in [5.74, 6) is -0.656. The molecule has 0 saturated carbocycles. The Hall–Kier alpha value is -2.70. The summed E-state index contributed by atoms with van der Waals surface area (Å²) in [6.07, 6.45) is 9.36. The maximum absolute atomic E-state index is 12.0. The van der Waals surface area contributed by atoms with Crippen LogP contribution < -0.4 is 11.5 Å². The van der Waals surface area contributed by atoms with Gasteiger partial charge in [-0.05, 0) is 36.8 Å². The number of ether oxygens (including phenoxy) is 2. The summed E-state index contributed by atoms with van der Waals surface area (Å²) >= 11 is 0. The van der Waals surface area contributed by atoms with Gasteiger partial charge in [0.25, 0.3) is 0 Å². The van der Waals surface area contributed by atoms with Crippen LogP contribution in [0.15, 0.2) is 60.7 Å². The zero-order chi connectivity index (χ0) is 24.4. The smallest absolute Gasteiger partial charge is 0.323 e. The number of carbonyl (C=O) groups excluding carboxylic acids is 2. The fourth-order valence-electron chi connectivity index (χ4n) is 3.73. The summed E-state index contributed by atoms with van der Waals surface area (Å²) in [6.45, 7) is 0.859. The van der Waals surface area contributed by atoms with Gasteiger partial charge in [-0.25, -0.2) is 0 Å². The molecule has 0 aliphatic heterocycles. The van der Waals surface area contributed by atoms with Crippen LogP contribution in [-0.2, 0) is 31.9 Å². The summed E-state index contributed by atoms with van der Waals surface area (Å²) in [5.41, 5.74) is 13.9. The van der Waals surface area contributed by atoms with E-state index in [1.165, 1.54) is 0 Å². The van der Waals surface area contributed by atoms with Crippen molar-refractivity contribution in [2.45, 2.75) is 76.3 Å². The first kappa shape index (κ1) is 27.5. The van der Waals surface area contributed by atoms with Crippen LogP contribution >= 0.6 is 0 Å². The lowest BCUT2D eigenvalue weighted by Crippen LogP contribution is -2.34. The highest BCUT2D eigenvalue weighted by molar-refractivity contribution is 5.76. The van der Waals surface area contributed by atoms with E-state index in [2.05, 4.69) is 0 Å². The first-order valence-electron chi connectivity index (χ1n) is 12.5. The minimum absolute atomic E-state index is 0.328. The largest absolute Gasteiger partial charge is 0.465 e. The molecule has 2 aromatic rings. The summed E-state index contributed by atoms with van der Waals surface area (Å²) in [7, 11) is 0. The molecular weight excluding hydrogens is 428 g/mol. The maximum atomic E-state index is 12.0. The molecule has 0 aromatic heterocycles. The molecule has 0 saturated heterocycles. The van der Waals surface area contributed by atoms with Gasteiger partial charge in [-0.2, -0.15) is 0 Å². The third-order valence-electron chi connectivity index (χ3n) is 5.73.